The number of unbranched alkanes of at least 4 members (excludes halogenated alkanes) is 13. The number of ether oxygens (including phenoxy) is 2. The molecule has 0 radical (unpaired) electrons. The Hall–Kier alpha value is -2.55. The smallest absolute Gasteiger partial charge is 0.462 e. The first-order valence-electron chi connectivity index (χ1n) is 20.9. The largest absolute Gasteiger partial charge is 0.472 e. The van der Waals surface area contributed by atoms with Crippen LogP contribution in [0.25, 0.3) is 0 Å². The average molecular weight is 778 g/mol. The third-order valence-electron chi connectivity index (χ3n) is 8.37. The predicted molar refractivity (Wildman–Crippen MR) is 224 cm³/mol. The quantitative estimate of drug-likeness (QED) is 0.0272. The topological polar surface area (TPSA) is 134 Å². The third-order valence-corrected chi connectivity index (χ3v) is 9.35. The summed E-state index contributed by atoms with van der Waals surface area (Å²) in [6, 6.07) is 0. The Balaban J connectivity index is 4.30. The lowest BCUT2D eigenvalue weighted by Crippen LogP contribution is -2.29. The summed E-state index contributed by atoms with van der Waals surface area (Å²) < 4.78 is 32.6. The van der Waals surface area contributed by atoms with Crippen LogP contribution in [0.1, 0.15) is 162 Å². The minimum atomic E-state index is -4.39. The van der Waals surface area contributed by atoms with Crippen molar-refractivity contribution in [1.82, 2.24) is 0 Å². The molecule has 10 heteroatoms. The molecule has 0 aromatic rings. The lowest BCUT2D eigenvalue weighted by Gasteiger charge is -2.19. The average Bonchev–Trinajstić information content (AvgIpc) is 3.16. The maximum Gasteiger partial charge on any atom is 0.472 e. The van der Waals surface area contributed by atoms with Crippen molar-refractivity contribution in [3.63, 3.8) is 0 Å². The van der Waals surface area contributed by atoms with E-state index in [0.29, 0.717) is 12.8 Å². The molecule has 0 rings (SSSR count). The number of carbonyl (C=O) groups excluding carboxylic acids is 2. The summed E-state index contributed by atoms with van der Waals surface area (Å²) in [5.41, 5.74) is 5.34. The lowest BCUT2D eigenvalue weighted by molar-refractivity contribution is -0.161. The molecule has 0 aromatic carbocycles. The molecule has 0 amide bonds. The molecule has 9 nitrogen and oxygen atoms in total. The Bertz CT molecular complexity index is 1110. The number of hydrogen-bond acceptors (Lipinski definition) is 8. The Kier molecular flexibility index (Phi) is 38.2. The van der Waals surface area contributed by atoms with Gasteiger partial charge in [0.2, 0.25) is 0 Å². The molecule has 0 spiro atoms. The summed E-state index contributed by atoms with van der Waals surface area (Å²) in [5.74, 6) is -0.929. The fraction of sp³-hybridized carbons (Fsp3) is 0.682. The van der Waals surface area contributed by atoms with Crippen molar-refractivity contribution in [2.24, 2.45) is 5.73 Å². The first-order chi connectivity index (χ1) is 26.3. The van der Waals surface area contributed by atoms with E-state index in [0.717, 1.165) is 57.8 Å². The molecule has 2 atom stereocenters. The lowest BCUT2D eigenvalue weighted by atomic mass is 10.0. The number of allylic oxidation sites excluding steroid dienone is 12. The van der Waals surface area contributed by atoms with Crippen molar-refractivity contribution in [3.8, 4) is 0 Å². The number of hydrogen-bond donors (Lipinski definition) is 2. The van der Waals surface area contributed by atoms with Crippen molar-refractivity contribution in [3.05, 3.63) is 72.9 Å². The summed E-state index contributed by atoms with van der Waals surface area (Å²) in [5, 5.41) is 0. The highest BCUT2D eigenvalue weighted by molar-refractivity contribution is 7.47. The fourth-order valence-corrected chi connectivity index (χ4v) is 6.07. The van der Waals surface area contributed by atoms with Crippen molar-refractivity contribution < 1.29 is 37.6 Å². The highest BCUT2D eigenvalue weighted by Gasteiger charge is 2.25. The summed E-state index contributed by atoms with van der Waals surface area (Å²) >= 11 is 0. The zero-order valence-electron chi connectivity index (χ0n) is 33.9. The molecule has 3 N–H and O–H groups in total. The Morgan fingerprint density at radius 1 is 0.574 bits per heavy atom. The van der Waals surface area contributed by atoms with Gasteiger partial charge in [-0.1, -0.05) is 170 Å². The fourth-order valence-electron chi connectivity index (χ4n) is 5.31. The molecular weight excluding hydrogens is 701 g/mol. The van der Waals surface area contributed by atoms with Crippen LogP contribution >= 0.6 is 7.82 Å². The normalized spacial score (nSPS) is 14.1. The monoisotopic (exact) mass is 778 g/mol. The summed E-state index contributed by atoms with van der Waals surface area (Å²) in [6.45, 7) is 3.52. The minimum absolute atomic E-state index is 0.0416. The Morgan fingerprint density at radius 3 is 1.48 bits per heavy atom. The maximum atomic E-state index is 12.6. The molecule has 1 unspecified atom stereocenters. The SMILES string of the molecule is CC/C=C/C/C=C/C/C=C/C/C=C/C/C=C/C/C=C/CCC(=O)OC[C@@H](COP(=O)(O)OCCN)OC(=O)CCCCCCCCCCCCCCCC. The Morgan fingerprint density at radius 2 is 1.02 bits per heavy atom. The third kappa shape index (κ3) is 39.2. The zero-order valence-corrected chi connectivity index (χ0v) is 34.8. The van der Waals surface area contributed by atoms with Crippen molar-refractivity contribution in [2.45, 2.75) is 168 Å². The van der Waals surface area contributed by atoms with E-state index in [4.69, 9.17) is 24.3 Å². The van der Waals surface area contributed by atoms with E-state index in [1.807, 2.05) is 12.2 Å². The molecule has 0 aliphatic rings. The first kappa shape index (κ1) is 51.5. The van der Waals surface area contributed by atoms with Gasteiger partial charge in [-0.2, -0.15) is 0 Å². The van der Waals surface area contributed by atoms with Crippen LogP contribution in [0.3, 0.4) is 0 Å². The minimum Gasteiger partial charge on any atom is -0.462 e. The van der Waals surface area contributed by atoms with Gasteiger partial charge in [0.25, 0.3) is 0 Å². The van der Waals surface area contributed by atoms with Gasteiger partial charge in [0, 0.05) is 19.4 Å². The van der Waals surface area contributed by atoms with E-state index in [1.54, 1.807) is 0 Å². The van der Waals surface area contributed by atoms with Crippen molar-refractivity contribution in [1.29, 1.82) is 0 Å². The van der Waals surface area contributed by atoms with Crippen LogP contribution in [-0.4, -0.2) is 49.3 Å². The summed E-state index contributed by atoms with van der Waals surface area (Å²) in [4.78, 5) is 34.8. The molecule has 0 saturated carbocycles. The van der Waals surface area contributed by atoms with Crippen LogP contribution in [-0.2, 0) is 32.7 Å². The first-order valence-corrected chi connectivity index (χ1v) is 22.4. The van der Waals surface area contributed by atoms with Gasteiger partial charge < -0.3 is 20.1 Å². The second kappa shape index (κ2) is 40.1. The molecule has 0 aliphatic heterocycles. The molecule has 0 bridgehead atoms. The number of esters is 2. The number of rotatable bonds is 38. The van der Waals surface area contributed by atoms with Gasteiger partial charge in [0.15, 0.2) is 6.10 Å². The molecule has 54 heavy (non-hydrogen) atoms. The van der Waals surface area contributed by atoms with E-state index < -0.39 is 32.5 Å². The van der Waals surface area contributed by atoms with Crippen LogP contribution in [0.5, 0.6) is 0 Å². The van der Waals surface area contributed by atoms with Gasteiger partial charge in [-0.05, 0) is 51.4 Å². The van der Waals surface area contributed by atoms with Crippen LogP contribution in [0.2, 0.25) is 0 Å². The second-order valence-electron chi connectivity index (χ2n) is 13.5. The van der Waals surface area contributed by atoms with E-state index in [9.17, 15) is 19.0 Å². The van der Waals surface area contributed by atoms with E-state index in [-0.39, 0.29) is 32.6 Å². The highest BCUT2D eigenvalue weighted by atomic mass is 31.2. The molecule has 0 aliphatic carbocycles. The molecule has 0 saturated heterocycles. The van der Waals surface area contributed by atoms with E-state index in [2.05, 4.69) is 74.6 Å². The number of phosphoric acid groups is 1. The van der Waals surface area contributed by atoms with Crippen LogP contribution in [0.4, 0.5) is 0 Å². The predicted octanol–water partition coefficient (Wildman–Crippen LogP) is 11.9. The van der Waals surface area contributed by atoms with Gasteiger partial charge >= 0.3 is 19.8 Å². The standard InChI is InChI=1S/C44H76NO8P/c1-3-5-7-9-11-13-15-17-19-20-21-22-23-25-26-28-30-32-34-36-43(46)50-40-42(41-52-54(48,49)51-39-38-45)53-44(47)37-35-33-31-29-27-24-18-16-14-12-10-8-6-4-2/h5,7,11,13,17,19,21-22,25-26,30,32,42H,3-4,6,8-10,12,14-16,18,20,23-24,27-29,31,33-41,45H2,1-2H3,(H,48,49)/b7-5+,13-11+,19-17+,22-21+,26-25+,32-30+/t42-/m0/s1. The van der Waals surface area contributed by atoms with Crippen LogP contribution in [0, 0.1) is 0 Å². The molecule has 310 valence electrons. The number of carbonyl (C=O) groups is 2. The van der Waals surface area contributed by atoms with Crippen molar-refractivity contribution >= 4 is 19.8 Å². The van der Waals surface area contributed by atoms with E-state index >= 15 is 0 Å². The maximum absolute atomic E-state index is 12.6. The zero-order chi connectivity index (χ0) is 39.6. The second-order valence-corrected chi connectivity index (χ2v) is 14.9. The number of nitrogens with two attached hydrogens (primary N) is 1. The van der Waals surface area contributed by atoms with Gasteiger partial charge in [0.1, 0.15) is 6.61 Å². The van der Waals surface area contributed by atoms with E-state index in [1.165, 1.54) is 64.2 Å². The van der Waals surface area contributed by atoms with Gasteiger partial charge in [-0.25, -0.2) is 4.57 Å². The van der Waals surface area contributed by atoms with Gasteiger partial charge in [-0.3, -0.25) is 18.6 Å². The molecule has 0 fully saturated rings. The number of phosphoric ester groups is 1. The molecule has 0 aromatic heterocycles. The Labute approximate surface area is 329 Å². The van der Waals surface area contributed by atoms with Gasteiger partial charge in [-0.15, -0.1) is 0 Å². The molecular formula is C44H76NO8P. The molecule has 0 heterocycles. The van der Waals surface area contributed by atoms with Crippen LogP contribution in [0.15, 0.2) is 72.9 Å². The van der Waals surface area contributed by atoms with Gasteiger partial charge in [0.05, 0.1) is 13.2 Å². The summed E-state index contributed by atoms with van der Waals surface area (Å²) in [6.07, 6.45) is 48.0. The summed E-state index contributed by atoms with van der Waals surface area (Å²) in [7, 11) is -4.39. The van der Waals surface area contributed by atoms with Crippen LogP contribution < -0.4 is 5.73 Å². The highest BCUT2D eigenvalue weighted by Crippen LogP contribution is 2.43. The van der Waals surface area contributed by atoms with Crippen molar-refractivity contribution in [2.75, 3.05) is 26.4 Å².